The molecule has 1 heterocycles. The number of benzene rings is 1. The average Bonchev–Trinajstić information content (AvgIpc) is 2.77. The molecule has 0 fully saturated rings. The van der Waals surface area contributed by atoms with Gasteiger partial charge in [-0.3, -0.25) is 0 Å². The highest BCUT2D eigenvalue weighted by atomic mass is 79.9. The van der Waals surface area contributed by atoms with Crippen molar-refractivity contribution in [1.82, 2.24) is 0 Å². The summed E-state index contributed by atoms with van der Waals surface area (Å²) in [5, 5.41) is 3.89. The third kappa shape index (κ3) is 3.31. The van der Waals surface area contributed by atoms with E-state index in [1.807, 2.05) is 16.8 Å². The minimum absolute atomic E-state index is 0.286. The van der Waals surface area contributed by atoms with Gasteiger partial charge in [0.25, 0.3) is 0 Å². The van der Waals surface area contributed by atoms with Crippen LogP contribution < -0.4 is 5.73 Å². The van der Waals surface area contributed by atoms with E-state index in [1.54, 1.807) is 29.5 Å². The number of hydrogen-bond donors (Lipinski definition) is 1. The fourth-order valence-electron chi connectivity index (χ4n) is 1.34. The number of rotatable bonds is 3. The molecule has 0 saturated carbocycles. The molecule has 0 atom stereocenters. The van der Waals surface area contributed by atoms with Crippen LogP contribution in [0.25, 0.3) is 0 Å². The van der Waals surface area contributed by atoms with Crippen LogP contribution in [0.1, 0.15) is 15.9 Å². The van der Waals surface area contributed by atoms with Crippen molar-refractivity contribution in [3.05, 3.63) is 50.6 Å². The average molecular weight is 312 g/mol. The Labute approximate surface area is 111 Å². The Morgan fingerprint density at radius 3 is 2.88 bits per heavy atom. The first-order valence-corrected chi connectivity index (χ1v) is 6.63. The summed E-state index contributed by atoms with van der Waals surface area (Å²) in [7, 11) is 0. The Balaban J connectivity index is 2.04. The predicted octanol–water partition coefficient (Wildman–Crippen LogP) is 3.45. The normalized spacial score (nSPS) is 10.2. The topological polar surface area (TPSA) is 52.3 Å². The lowest BCUT2D eigenvalue weighted by atomic mass is 10.2. The highest BCUT2D eigenvalue weighted by Crippen LogP contribution is 2.18. The van der Waals surface area contributed by atoms with E-state index in [1.165, 1.54) is 0 Å². The summed E-state index contributed by atoms with van der Waals surface area (Å²) in [6, 6.07) is 6.94. The first-order chi connectivity index (χ1) is 8.15. The van der Waals surface area contributed by atoms with Crippen molar-refractivity contribution in [3.8, 4) is 0 Å². The number of ether oxygens (including phenoxy) is 1. The van der Waals surface area contributed by atoms with E-state index < -0.39 is 0 Å². The zero-order valence-electron chi connectivity index (χ0n) is 8.85. The van der Waals surface area contributed by atoms with Gasteiger partial charge < -0.3 is 10.5 Å². The van der Waals surface area contributed by atoms with Crippen LogP contribution in [-0.2, 0) is 11.3 Å². The molecule has 2 aromatic rings. The van der Waals surface area contributed by atoms with Crippen molar-refractivity contribution in [1.29, 1.82) is 0 Å². The molecule has 1 aromatic carbocycles. The molecule has 2 rings (SSSR count). The highest BCUT2D eigenvalue weighted by molar-refractivity contribution is 9.10. The number of esters is 1. The summed E-state index contributed by atoms with van der Waals surface area (Å²) in [6.45, 7) is 0.286. The van der Waals surface area contributed by atoms with Gasteiger partial charge in [-0.25, -0.2) is 4.79 Å². The zero-order valence-corrected chi connectivity index (χ0v) is 11.3. The third-order valence-electron chi connectivity index (χ3n) is 2.11. The van der Waals surface area contributed by atoms with Crippen molar-refractivity contribution in [2.24, 2.45) is 0 Å². The molecule has 0 spiro atoms. The molecule has 0 aliphatic rings. The maximum absolute atomic E-state index is 11.7. The molecule has 0 radical (unpaired) electrons. The van der Waals surface area contributed by atoms with E-state index in [0.717, 1.165) is 10.0 Å². The molecular weight excluding hydrogens is 302 g/mol. The van der Waals surface area contributed by atoms with Gasteiger partial charge in [0.05, 0.1) is 5.56 Å². The molecule has 0 unspecified atom stereocenters. The van der Waals surface area contributed by atoms with Gasteiger partial charge >= 0.3 is 5.97 Å². The molecule has 0 aliphatic carbocycles. The van der Waals surface area contributed by atoms with E-state index >= 15 is 0 Å². The molecule has 0 amide bonds. The van der Waals surface area contributed by atoms with Gasteiger partial charge in [0.15, 0.2) is 0 Å². The van der Waals surface area contributed by atoms with Crippen molar-refractivity contribution >= 4 is 38.9 Å². The summed E-state index contributed by atoms with van der Waals surface area (Å²) >= 11 is 4.86. The van der Waals surface area contributed by atoms with Crippen LogP contribution in [0.3, 0.4) is 0 Å². The minimum atomic E-state index is -0.371. The highest BCUT2D eigenvalue weighted by Gasteiger charge is 2.09. The van der Waals surface area contributed by atoms with E-state index in [4.69, 9.17) is 10.5 Å². The number of halogens is 1. The fraction of sp³-hybridized carbons (Fsp3) is 0.0833. The van der Waals surface area contributed by atoms with E-state index in [2.05, 4.69) is 15.9 Å². The van der Waals surface area contributed by atoms with E-state index in [-0.39, 0.29) is 12.6 Å². The number of carbonyl (C=O) groups is 1. The molecule has 17 heavy (non-hydrogen) atoms. The lowest BCUT2D eigenvalue weighted by molar-refractivity contribution is 0.0473. The Morgan fingerprint density at radius 1 is 1.41 bits per heavy atom. The number of nitrogen functional groups attached to an aromatic ring is 1. The van der Waals surface area contributed by atoms with Gasteiger partial charge in [0.2, 0.25) is 0 Å². The van der Waals surface area contributed by atoms with Crippen LogP contribution >= 0.6 is 27.3 Å². The quantitative estimate of drug-likeness (QED) is 0.697. The van der Waals surface area contributed by atoms with E-state index in [0.29, 0.717) is 11.3 Å². The van der Waals surface area contributed by atoms with Gasteiger partial charge in [-0.05, 0) is 35.0 Å². The van der Waals surface area contributed by atoms with Crippen molar-refractivity contribution < 1.29 is 9.53 Å². The van der Waals surface area contributed by atoms with Gasteiger partial charge in [-0.2, -0.15) is 11.3 Å². The molecule has 5 heteroatoms. The van der Waals surface area contributed by atoms with Gasteiger partial charge in [0, 0.05) is 15.7 Å². The van der Waals surface area contributed by atoms with Crippen LogP contribution in [0, 0.1) is 0 Å². The number of thiophene rings is 1. The van der Waals surface area contributed by atoms with Gasteiger partial charge in [-0.15, -0.1) is 0 Å². The first-order valence-electron chi connectivity index (χ1n) is 4.89. The Kier molecular flexibility index (Phi) is 3.81. The number of hydrogen-bond acceptors (Lipinski definition) is 4. The Morgan fingerprint density at radius 2 is 2.24 bits per heavy atom. The first kappa shape index (κ1) is 12.1. The molecular formula is C12H10BrNO2S. The van der Waals surface area contributed by atoms with Gasteiger partial charge in [-0.1, -0.05) is 15.9 Å². The Bertz CT molecular complexity index is 505. The molecule has 0 saturated heterocycles. The van der Waals surface area contributed by atoms with E-state index in [9.17, 15) is 4.79 Å². The number of carbonyl (C=O) groups excluding carboxylic acids is 1. The van der Waals surface area contributed by atoms with Crippen molar-refractivity contribution in [2.75, 3.05) is 5.73 Å². The molecule has 3 nitrogen and oxygen atoms in total. The van der Waals surface area contributed by atoms with Crippen LogP contribution in [0.4, 0.5) is 5.69 Å². The van der Waals surface area contributed by atoms with Crippen LogP contribution in [-0.4, -0.2) is 5.97 Å². The minimum Gasteiger partial charge on any atom is -0.457 e. The second-order valence-electron chi connectivity index (χ2n) is 3.48. The zero-order chi connectivity index (χ0) is 12.3. The van der Waals surface area contributed by atoms with Crippen LogP contribution in [0.5, 0.6) is 0 Å². The largest absolute Gasteiger partial charge is 0.457 e. The number of anilines is 1. The lowest BCUT2D eigenvalue weighted by Gasteiger charge is -2.05. The maximum atomic E-state index is 11.7. The van der Waals surface area contributed by atoms with Crippen molar-refractivity contribution in [3.63, 3.8) is 0 Å². The SMILES string of the molecule is Nc1cc(Br)cc(C(=O)OCc2ccsc2)c1. The second-order valence-corrected chi connectivity index (χ2v) is 5.18. The smallest absolute Gasteiger partial charge is 0.338 e. The Hall–Kier alpha value is -1.33. The summed E-state index contributed by atoms with van der Waals surface area (Å²) in [6.07, 6.45) is 0. The van der Waals surface area contributed by atoms with Crippen LogP contribution in [0.2, 0.25) is 0 Å². The molecule has 1 aromatic heterocycles. The predicted molar refractivity (Wildman–Crippen MR) is 72.0 cm³/mol. The molecule has 88 valence electrons. The standard InChI is InChI=1S/C12H10BrNO2S/c13-10-3-9(4-11(14)5-10)12(15)16-6-8-1-2-17-7-8/h1-5,7H,6,14H2. The molecule has 2 N–H and O–H groups in total. The summed E-state index contributed by atoms with van der Waals surface area (Å²) < 4.78 is 5.94. The van der Waals surface area contributed by atoms with Crippen LogP contribution in [0.15, 0.2) is 39.5 Å². The van der Waals surface area contributed by atoms with Crippen molar-refractivity contribution in [2.45, 2.75) is 6.61 Å². The second kappa shape index (κ2) is 5.33. The molecule has 0 aliphatic heterocycles. The summed E-state index contributed by atoms with van der Waals surface area (Å²) in [4.78, 5) is 11.7. The fourth-order valence-corrected chi connectivity index (χ4v) is 2.50. The molecule has 0 bridgehead atoms. The lowest BCUT2D eigenvalue weighted by Crippen LogP contribution is -2.05. The summed E-state index contributed by atoms with van der Waals surface area (Å²) in [5.41, 5.74) is 7.62. The summed E-state index contributed by atoms with van der Waals surface area (Å²) in [5.74, 6) is -0.371. The maximum Gasteiger partial charge on any atom is 0.338 e. The third-order valence-corrected chi connectivity index (χ3v) is 3.30. The monoisotopic (exact) mass is 311 g/mol. The van der Waals surface area contributed by atoms with Gasteiger partial charge in [0.1, 0.15) is 6.61 Å². The number of nitrogens with two attached hydrogens (primary N) is 1.